The summed E-state index contributed by atoms with van der Waals surface area (Å²) >= 11 is 0. The summed E-state index contributed by atoms with van der Waals surface area (Å²) in [7, 11) is 0. The van der Waals surface area contributed by atoms with Gasteiger partial charge in [-0.05, 0) is 246 Å². The Morgan fingerprint density at radius 1 is 0.313 bits per heavy atom. The molecule has 0 bridgehead atoms. The second-order valence-electron chi connectivity index (χ2n) is 27.6. The van der Waals surface area contributed by atoms with Gasteiger partial charge in [-0.15, -0.1) is 0 Å². The lowest BCUT2D eigenvalue weighted by Crippen LogP contribution is -2.31. The van der Waals surface area contributed by atoms with Crippen LogP contribution in [0.2, 0.25) is 0 Å². The van der Waals surface area contributed by atoms with Gasteiger partial charge in [-0.1, -0.05) is 50.1 Å². The largest absolute Gasteiger partial charge is 0.465 e. The first kappa shape index (κ1) is 76.6. The molecule has 0 atom stereocenters. The van der Waals surface area contributed by atoms with Crippen molar-refractivity contribution in [3.8, 4) is 23.0 Å². The third kappa shape index (κ3) is 24.0. The smallest absolute Gasteiger partial charge is 0.330 e. The fourth-order valence-electron chi connectivity index (χ4n) is 15.7. The van der Waals surface area contributed by atoms with Crippen LogP contribution in [0, 0.1) is 71.0 Å². The average molecular weight is 1370 g/mol. The van der Waals surface area contributed by atoms with Crippen molar-refractivity contribution < 1.29 is 95.3 Å². The molecule has 0 aliphatic heterocycles. The van der Waals surface area contributed by atoms with Crippen molar-refractivity contribution in [2.45, 2.75) is 187 Å². The quantitative estimate of drug-likeness (QED) is 0.0205. The van der Waals surface area contributed by atoms with Crippen molar-refractivity contribution in [1.82, 2.24) is 0 Å². The zero-order valence-electron chi connectivity index (χ0n) is 57.8. The molecule has 6 aliphatic carbocycles. The Hall–Kier alpha value is -8.16. The lowest BCUT2D eigenvalue weighted by Gasteiger charge is -2.36. The molecule has 538 valence electrons. The van der Waals surface area contributed by atoms with E-state index in [9.17, 15) is 47.9 Å². The van der Waals surface area contributed by atoms with Gasteiger partial charge < -0.3 is 47.4 Å². The van der Waals surface area contributed by atoms with Crippen molar-refractivity contribution in [3.63, 3.8) is 0 Å². The normalized spacial score (nSPS) is 25.2. The van der Waals surface area contributed by atoms with Crippen LogP contribution in [-0.2, 0) is 76.4 Å². The maximum Gasteiger partial charge on any atom is 0.330 e. The number of esters is 10. The van der Waals surface area contributed by atoms with Gasteiger partial charge in [-0.25, -0.2) is 14.4 Å². The van der Waals surface area contributed by atoms with Crippen LogP contribution in [-0.4, -0.2) is 99.3 Å². The zero-order valence-corrected chi connectivity index (χ0v) is 57.8. The minimum absolute atomic E-state index is 0.0158. The molecule has 99 heavy (non-hydrogen) atoms. The van der Waals surface area contributed by atoms with Crippen LogP contribution in [0.5, 0.6) is 23.0 Å². The van der Waals surface area contributed by atoms with Gasteiger partial charge in [0, 0.05) is 30.5 Å². The topological polar surface area (TPSA) is 263 Å². The average Bonchev–Trinajstić information content (AvgIpc) is 0.778. The minimum Gasteiger partial charge on any atom is -0.465 e. The summed E-state index contributed by atoms with van der Waals surface area (Å²) in [5, 5.41) is 0.879. The van der Waals surface area contributed by atoms with Gasteiger partial charge in [-0.2, -0.15) is 0 Å². The number of carbonyl (C=O) groups excluding carboxylic acids is 10. The zero-order chi connectivity index (χ0) is 70.5. The predicted molar refractivity (Wildman–Crippen MR) is 366 cm³/mol. The molecule has 9 rings (SSSR count). The summed E-state index contributed by atoms with van der Waals surface area (Å²) in [6.07, 6.45) is 26.8. The molecule has 20 heteroatoms. The molecule has 6 fully saturated rings. The fraction of sp³-hybridized carbons (Fsp3) is 0.595. The number of carbonyl (C=O) groups is 10. The third-order valence-corrected chi connectivity index (χ3v) is 21.3. The molecule has 0 N–H and O–H groups in total. The van der Waals surface area contributed by atoms with Crippen LogP contribution < -0.4 is 18.9 Å². The van der Waals surface area contributed by atoms with Gasteiger partial charge in [0.1, 0.15) is 36.2 Å². The van der Waals surface area contributed by atoms with Crippen molar-refractivity contribution in [1.29, 1.82) is 0 Å². The first-order chi connectivity index (χ1) is 48.0. The SMILES string of the molecule is C=CC(=O)OCCCCOC(=O)C1CCC(C2CCC(C(=O)Oc3ccc(OC(=O)C4CCC(C5CCC(C(=O)OCCCCOC(=O)C=C)CC5)CC4)c4c(OC(C)=O)cccc34)CC2)CC1.C=CC(=O)OCCOC(=O)C1CCC(C2CCC(C(=O)Oc3ccccc3)CC2)CC1. The van der Waals surface area contributed by atoms with Crippen LogP contribution >= 0.6 is 0 Å². The summed E-state index contributed by atoms with van der Waals surface area (Å²) < 4.78 is 54.3. The molecule has 6 aliphatic rings. The number of fused-ring (bicyclic) bond motifs is 1. The highest BCUT2D eigenvalue weighted by Gasteiger charge is 2.39. The Morgan fingerprint density at radius 2 is 0.606 bits per heavy atom. The van der Waals surface area contributed by atoms with Crippen molar-refractivity contribution >= 4 is 70.5 Å². The number of ether oxygens (including phenoxy) is 10. The Balaban J connectivity index is 0.000000335. The molecule has 0 saturated heterocycles. The van der Waals surface area contributed by atoms with E-state index in [-0.39, 0.29) is 109 Å². The van der Waals surface area contributed by atoms with Crippen LogP contribution in [0.3, 0.4) is 0 Å². The number of para-hydroxylation sites is 1. The summed E-state index contributed by atoms with van der Waals surface area (Å²) in [5.41, 5.74) is 0. The van der Waals surface area contributed by atoms with Gasteiger partial charge in [0.05, 0.1) is 67.3 Å². The fourth-order valence-corrected chi connectivity index (χ4v) is 15.7. The first-order valence-corrected chi connectivity index (χ1v) is 36.3. The van der Waals surface area contributed by atoms with Gasteiger partial charge in [-0.3, -0.25) is 33.6 Å². The number of unbranched alkanes of at least 4 members (excludes halogenated alkanes) is 2. The number of hydrogen-bond acceptors (Lipinski definition) is 20. The highest BCUT2D eigenvalue weighted by molar-refractivity contribution is 6.01. The van der Waals surface area contributed by atoms with E-state index >= 15 is 0 Å². The molecule has 20 nitrogen and oxygen atoms in total. The van der Waals surface area contributed by atoms with E-state index in [2.05, 4.69) is 19.7 Å². The van der Waals surface area contributed by atoms with Crippen LogP contribution in [0.1, 0.15) is 187 Å². The highest BCUT2D eigenvalue weighted by Crippen LogP contribution is 2.47. The summed E-state index contributed by atoms with van der Waals surface area (Å²) in [5.74, 6) is 0.433. The molecule has 3 aromatic carbocycles. The third-order valence-electron chi connectivity index (χ3n) is 21.3. The van der Waals surface area contributed by atoms with E-state index in [1.165, 1.54) is 6.92 Å². The standard InChI is InChI=1S/C54H70O14.C25H32O6/c1-4-48(56)62-31-6-8-33-64-51(58)40-21-13-36(14-22-40)38-17-25-42(26-18-38)53(60)67-45-29-30-47(50-44(45)11-10-12-46(50)66-35(3)55)68-54(61)43-27-19-39(20-28-43)37-15-23-41(24-16-37)52(59)65-34-9-7-32-63-49(57)5-2;1-2-23(26)29-16-17-30-24(27)20-12-8-18(9-13-20)19-10-14-21(15-11-19)25(28)31-22-6-4-3-5-7-22/h4-5,10-12,29-30,36-43H,1-2,6-9,13-28,31-34H2,3H3;2-7,18-21H,1,8-17H2. The maximum absolute atomic E-state index is 13.8. The molecule has 3 aromatic rings. The Bertz CT molecular complexity index is 3200. The Kier molecular flexibility index (Phi) is 31.1. The second-order valence-corrected chi connectivity index (χ2v) is 27.6. The van der Waals surface area contributed by atoms with E-state index in [0.29, 0.717) is 122 Å². The summed E-state index contributed by atoms with van der Waals surface area (Å²) in [6, 6.07) is 17.6. The summed E-state index contributed by atoms with van der Waals surface area (Å²) in [4.78, 5) is 123. The van der Waals surface area contributed by atoms with E-state index in [1.807, 2.05) is 18.2 Å². The van der Waals surface area contributed by atoms with Crippen molar-refractivity contribution in [2.75, 3.05) is 39.6 Å². The van der Waals surface area contributed by atoms with E-state index in [0.717, 1.165) is 147 Å². The van der Waals surface area contributed by atoms with E-state index in [4.69, 9.17) is 47.4 Å². The van der Waals surface area contributed by atoms with Crippen LogP contribution in [0.15, 0.2) is 98.6 Å². The van der Waals surface area contributed by atoms with Crippen molar-refractivity contribution in [3.05, 3.63) is 98.6 Å². The van der Waals surface area contributed by atoms with Gasteiger partial charge in [0.2, 0.25) is 0 Å². The molecular formula is C79H102O20. The molecule has 0 heterocycles. The maximum atomic E-state index is 13.8. The van der Waals surface area contributed by atoms with Gasteiger partial charge in [0.25, 0.3) is 0 Å². The van der Waals surface area contributed by atoms with Crippen LogP contribution in [0.25, 0.3) is 10.8 Å². The number of rotatable bonds is 29. The minimum atomic E-state index is -0.537. The van der Waals surface area contributed by atoms with Crippen molar-refractivity contribution in [2.24, 2.45) is 71.0 Å². The molecule has 0 radical (unpaired) electrons. The van der Waals surface area contributed by atoms with E-state index in [1.54, 1.807) is 42.5 Å². The first-order valence-electron chi connectivity index (χ1n) is 36.3. The van der Waals surface area contributed by atoms with Crippen LogP contribution in [0.4, 0.5) is 0 Å². The lowest BCUT2D eigenvalue weighted by atomic mass is 9.69. The Morgan fingerprint density at radius 3 is 0.970 bits per heavy atom. The molecule has 0 unspecified atom stereocenters. The lowest BCUT2D eigenvalue weighted by molar-refractivity contribution is -0.154. The number of hydrogen-bond donors (Lipinski definition) is 0. The van der Waals surface area contributed by atoms with Gasteiger partial charge in [0.15, 0.2) is 0 Å². The predicted octanol–water partition coefficient (Wildman–Crippen LogP) is 14.4. The highest BCUT2D eigenvalue weighted by atomic mass is 16.6. The second kappa shape index (κ2) is 40.2. The monoisotopic (exact) mass is 1370 g/mol. The molecule has 0 aromatic heterocycles. The molecule has 0 amide bonds. The molecule has 6 saturated carbocycles. The molecule has 0 spiro atoms. The Labute approximate surface area is 582 Å². The number of benzene rings is 3. The van der Waals surface area contributed by atoms with E-state index < -0.39 is 23.9 Å². The summed E-state index contributed by atoms with van der Waals surface area (Å²) in [6.45, 7) is 12.7. The van der Waals surface area contributed by atoms with Gasteiger partial charge >= 0.3 is 59.7 Å². The molecular weight excluding hydrogens is 1270 g/mol.